The Morgan fingerprint density at radius 2 is 2.20 bits per heavy atom. The van der Waals surface area contributed by atoms with Gasteiger partial charge in [-0.1, -0.05) is 13.0 Å². The number of hydrogen-bond acceptors (Lipinski definition) is 4. The third-order valence-corrected chi connectivity index (χ3v) is 5.11. The van der Waals surface area contributed by atoms with Gasteiger partial charge in [0.1, 0.15) is 4.90 Å². The second-order valence-corrected chi connectivity index (χ2v) is 6.64. The van der Waals surface area contributed by atoms with Gasteiger partial charge >= 0.3 is 0 Å². The van der Waals surface area contributed by atoms with Crippen LogP contribution in [0.4, 0.5) is 0 Å². The Labute approximate surface area is 121 Å². The van der Waals surface area contributed by atoms with E-state index in [1.165, 1.54) is 4.31 Å². The summed E-state index contributed by atoms with van der Waals surface area (Å²) in [6, 6.07) is 0. The molecule has 0 radical (unpaired) electrons. The smallest absolute Gasteiger partial charge is 0.246 e. The van der Waals surface area contributed by atoms with Crippen molar-refractivity contribution in [3.63, 3.8) is 0 Å². The van der Waals surface area contributed by atoms with Gasteiger partial charge in [-0.2, -0.15) is 5.10 Å². The van der Waals surface area contributed by atoms with Crippen LogP contribution in [0.25, 0.3) is 0 Å². The minimum atomic E-state index is -3.50. The van der Waals surface area contributed by atoms with E-state index in [1.807, 2.05) is 6.92 Å². The zero-order valence-electron chi connectivity index (χ0n) is 12.4. The van der Waals surface area contributed by atoms with Crippen molar-refractivity contribution < 1.29 is 8.42 Å². The second-order valence-electron chi connectivity index (χ2n) is 4.66. The van der Waals surface area contributed by atoms with Crippen LogP contribution in [-0.4, -0.2) is 43.1 Å². The van der Waals surface area contributed by atoms with Crippen LogP contribution in [0.2, 0.25) is 0 Å². The fourth-order valence-corrected chi connectivity index (χ4v) is 3.44. The fraction of sp³-hybridized carbons (Fsp3) is 0.615. The first-order valence-corrected chi connectivity index (χ1v) is 8.21. The summed E-state index contributed by atoms with van der Waals surface area (Å²) in [4.78, 5) is 0.291. The molecular formula is C13H24N4O2S. The molecule has 0 spiro atoms. The number of aromatic amines is 1. The van der Waals surface area contributed by atoms with E-state index in [-0.39, 0.29) is 0 Å². The number of rotatable bonds is 9. The summed E-state index contributed by atoms with van der Waals surface area (Å²) in [7, 11) is -1.90. The third kappa shape index (κ3) is 3.91. The van der Waals surface area contributed by atoms with E-state index >= 15 is 0 Å². The Hall–Kier alpha value is -1.18. The van der Waals surface area contributed by atoms with Crippen LogP contribution in [0.5, 0.6) is 0 Å². The molecule has 2 N–H and O–H groups in total. The lowest BCUT2D eigenvalue weighted by Crippen LogP contribution is -2.29. The standard InChI is InChI=1S/C13H24N4O2S/c1-5-7-8-9-17(4)20(18,19)13-11(3)15-16-12(13)10-14-6-2/h5,14H,1,6-10H2,2-4H3,(H,15,16). The molecule has 0 fully saturated rings. The lowest BCUT2D eigenvalue weighted by atomic mass is 10.3. The zero-order chi connectivity index (χ0) is 15.2. The highest BCUT2D eigenvalue weighted by atomic mass is 32.2. The van der Waals surface area contributed by atoms with Gasteiger partial charge in [0.15, 0.2) is 0 Å². The van der Waals surface area contributed by atoms with E-state index in [0.29, 0.717) is 29.4 Å². The number of nitrogens with zero attached hydrogens (tertiary/aromatic N) is 2. The van der Waals surface area contributed by atoms with Crippen LogP contribution in [-0.2, 0) is 16.6 Å². The summed E-state index contributed by atoms with van der Waals surface area (Å²) in [5.41, 5.74) is 1.12. The second kappa shape index (κ2) is 7.56. The molecule has 0 aliphatic heterocycles. The molecule has 6 nitrogen and oxygen atoms in total. The van der Waals surface area contributed by atoms with Crippen LogP contribution in [0.3, 0.4) is 0 Å². The number of nitrogens with one attached hydrogen (secondary N) is 2. The normalized spacial score (nSPS) is 12.0. The number of H-pyrrole nitrogens is 1. The number of allylic oxidation sites excluding steroid dienone is 1. The molecule has 0 aromatic carbocycles. The highest BCUT2D eigenvalue weighted by Gasteiger charge is 2.27. The van der Waals surface area contributed by atoms with Gasteiger partial charge in [-0.05, 0) is 26.3 Å². The molecule has 1 aromatic rings. The molecule has 0 saturated heterocycles. The van der Waals surface area contributed by atoms with E-state index in [1.54, 1.807) is 20.0 Å². The van der Waals surface area contributed by atoms with Crippen molar-refractivity contribution in [2.24, 2.45) is 0 Å². The molecule has 0 saturated carbocycles. The van der Waals surface area contributed by atoms with Gasteiger partial charge in [0.05, 0.1) is 11.4 Å². The molecule has 0 bridgehead atoms. The zero-order valence-corrected chi connectivity index (χ0v) is 13.3. The van der Waals surface area contributed by atoms with E-state index in [2.05, 4.69) is 22.1 Å². The van der Waals surface area contributed by atoms with E-state index in [4.69, 9.17) is 0 Å². The van der Waals surface area contributed by atoms with Crippen molar-refractivity contribution in [3.05, 3.63) is 24.0 Å². The van der Waals surface area contributed by atoms with Crippen molar-refractivity contribution >= 4 is 10.0 Å². The van der Waals surface area contributed by atoms with Crippen molar-refractivity contribution in [2.75, 3.05) is 20.1 Å². The number of sulfonamides is 1. The quantitative estimate of drug-likeness (QED) is 0.534. The summed E-state index contributed by atoms with van der Waals surface area (Å²) < 4.78 is 26.6. The molecule has 7 heteroatoms. The predicted molar refractivity (Wildman–Crippen MR) is 80.0 cm³/mol. The maximum absolute atomic E-state index is 12.6. The van der Waals surface area contributed by atoms with E-state index in [9.17, 15) is 8.42 Å². The van der Waals surface area contributed by atoms with Crippen LogP contribution in [0.15, 0.2) is 17.6 Å². The average molecular weight is 300 g/mol. The molecule has 1 rings (SSSR count). The Balaban J connectivity index is 2.96. The molecule has 1 aromatic heterocycles. The van der Waals surface area contributed by atoms with E-state index < -0.39 is 10.0 Å². The van der Waals surface area contributed by atoms with Crippen LogP contribution >= 0.6 is 0 Å². The molecule has 0 aliphatic carbocycles. The highest BCUT2D eigenvalue weighted by molar-refractivity contribution is 7.89. The van der Waals surface area contributed by atoms with Crippen molar-refractivity contribution in [1.82, 2.24) is 19.8 Å². The maximum Gasteiger partial charge on any atom is 0.246 e. The van der Waals surface area contributed by atoms with Gasteiger partial charge in [-0.25, -0.2) is 12.7 Å². The minimum absolute atomic E-state index is 0.291. The van der Waals surface area contributed by atoms with Crippen molar-refractivity contribution in [3.8, 4) is 0 Å². The average Bonchev–Trinajstić information content (AvgIpc) is 2.78. The Bertz CT molecular complexity index is 537. The summed E-state index contributed by atoms with van der Waals surface area (Å²) >= 11 is 0. The van der Waals surface area contributed by atoms with Crippen LogP contribution < -0.4 is 5.32 Å². The molecular weight excluding hydrogens is 276 g/mol. The molecule has 1 heterocycles. The first kappa shape index (κ1) is 16.9. The van der Waals surface area contributed by atoms with Crippen LogP contribution in [0.1, 0.15) is 31.2 Å². The van der Waals surface area contributed by atoms with Gasteiger partial charge in [-0.15, -0.1) is 6.58 Å². The number of unbranched alkanes of at least 4 members (excludes halogenated alkanes) is 1. The molecule has 0 amide bonds. The number of aryl methyl sites for hydroxylation is 1. The van der Waals surface area contributed by atoms with Gasteiger partial charge < -0.3 is 5.32 Å². The molecule has 0 aliphatic rings. The minimum Gasteiger partial charge on any atom is -0.311 e. The van der Waals surface area contributed by atoms with E-state index in [0.717, 1.165) is 19.4 Å². The van der Waals surface area contributed by atoms with Crippen LogP contribution in [0, 0.1) is 6.92 Å². The lowest BCUT2D eigenvalue weighted by Gasteiger charge is -2.17. The van der Waals surface area contributed by atoms with Crippen molar-refractivity contribution in [1.29, 1.82) is 0 Å². The predicted octanol–water partition coefficient (Wildman–Crippen LogP) is 1.41. The lowest BCUT2D eigenvalue weighted by molar-refractivity contribution is 0.461. The Morgan fingerprint density at radius 1 is 1.50 bits per heavy atom. The topological polar surface area (TPSA) is 78.1 Å². The largest absolute Gasteiger partial charge is 0.311 e. The molecule has 114 valence electrons. The number of aromatic nitrogens is 2. The maximum atomic E-state index is 12.6. The summed E-state index contributed by atoms with van der Waals surface area (Å²) in [5, 5.41) is 9.95. The third-order valence-electron chi connectivity index (χ3n) is 3.05. The Morgan fingerprint density at radius 3 is 2.80 bits per heavy atom. The number of hydrogen-bond donors (Lipinski definition) is 2. The van der Waals surface area contributed by atoms with Gasteiger partial charge in [0, 0.05) is 20.1 Å². The van der Waals surface area contributed by atoms with Gasteiger partial charge in [0.2, 0.25) is 10.0 Å². The Kier molecular flexibility index (Phi) is 6.38. The van der Waals surface area contributed by atoms with Crippen molar-refractivity contribution in [2.45, 2.75) is 38.1 Å². The highest BCUT2D eigenvalue weighted by Crippen LogP contribution is 2.21. The molecule has 0 unspecified atom stereocenters. The summed E-state index contributed by atoms with van der Waals surface area (Å²) in [6.07, 6.45) is 3.35. The first-order valence-electron chi connectivity index (χ1n) is 6.76. The molecule has 0 atom stereocenters. The first-order chi connectivity index (χ1) is 9.45. The summed E-state index contributed by atoms with van der Waals surface area (Å²) in [5.74, 6) is 0. The molecule has 20 heavy (non-hydrogen) atoms. The van der Waals surface area contributed by atoms with Gasteiger partial charge in [-0.3, -0.25) is 5.10 Å². The SMILES string of the molecule is C=CCCCN(C)S(=O)(=O)c1c(CNCC)n[nH]c1C. The monoisotopic (exact) mass is 300 g/mol. The summed E-state index contributed by atoms with van der Waals surface area (Å²) in [6.45, 7) is 9.01. The van der Waals surface area contributed by atoms with Gasteiger partial charge in [0.25, 0.3) is 0 Å². The fourth-order valence-electron chi connectivity index (χ4n) is 1.91.